The van der Waals surface area contributed by atoms with E-state index in [1.54, 1.807) is 6.20 Å². The van der Waals surface area contributed by atoms with Crippen molar-refractivity contribution in [1.82, 2.24) is 10.5 Å². The van der Waals surface area contributed by atoms with E-state index in [2.05, 4.69) is 17.4 Å². The predicted molar refractivity (Wildman–Crippen MR) is 54.8 cm³/mol. The van der Waals surface area contributed by atoms with E-state index in [-0.39, 0.29) is 0 Å². The first-order chi connectivity index (χ1) is 6.84. The quantitative estimate of drug-likeness (QED) is 0.802. The second-order valence-corrected chi connectivity index (χ2v) is 4.32. The Labute approximate surface area is 84.9 Å². The molecule has 0 amide bonds. The minimum absolute atomic E-state index is 0.677. The molecule has 1 saturated carbocycles. The number of rotatable bonds is 3. The van der Waals surface area contributed by atoms with Crippen LogP contribution in [0.1, 0.15) is 38.4 Å². The lowest BCUT2D eigenvalue weighted by Gasteiger charge is -2.26. The smallest absolute Gasteiger partial charge is 0.150 e. The maximum Gasteiger partial charge on any atom is 0.150 e. The van der Waals surface area contributed by atoms with Gasteiger partial charge in [0.05, 0.1) is 12.7 Å². The first kappa shape index (κ1) is 9.71. The minimum atomic E-state index is 0.677. The second kappa shape index (κ2) is 4.60. The van der Waals surface area contributed by atoms with Gasteiger partial charge in [-0.05, 0) is 31.6 Å². The summed E-state index contributed by atoms with van der Waals surface area (Å²) in [7, 11) is 0. The lowest BCUT2D eigenvalue weighted by Crippen LogP contribution is -2.32. The molecule has 1 aromatic heterocycles. The topological polar surface area (TPSA) is 38.1 Å². The van der Waals surface area contributed by atoms with Crippen LogP contribution in [-0.4, -0.2) is 11.2 Å². The standard InChI is InChI=1S/C11H18N2O/c1-9-2-4-10(5-3-9)12-8-11-6-7-13-14-11/h6-7,9-10,12H,2-5,8H2,1H3. The largest absolute Gasteiger partial charge is 0.360 e. The van der Waals surface area contributed by atoms with Crippen LogP contribution in [-0.2, 0) is 6.54 Å². The van der Waals surface area contributed by atoms with Gasteiger partial charge in [-0.25, -0.2) is 0 Å². The molecule has 1 fully saturated rings. The highest BCUT2D eigenvalue weighted by molar-refractivity contribution is 4.92. The Kier molecular flexibility index (Phi) is 3.19. The van der Waals surface area contributed by atoms with Gasteiger partial charge in [0.25, 0.3) is 0 Å². The van der Waals surface area contributed by atoms with Gasteiger partial charge >= 0.3 is 0 Å². The molecule has 1 aliphatic carbocycles. The molecule has 1 aromatic rings. The van der Waals surface area contributed by atoms with Crippen LogP contribution in [0.5, 0.6) is 0 Å². The van der Waals surface area contributed by atoms with Crippen molar-refractivity contribution >= 4 is 0 Å². The summed E-state index contributed by atoms with van der Waals surface area (Å²) >= 11 is 0. The molecule has 1 aliphatic rings. The van der Waals surface area contributed by atoms with Crippen LogP contribution in [0, 0.1) is 5.92 Å². The lowest BCUT2D eigenvalue weighted by atomic mass is 9.87. The molecule has 0 aliphatic heterocycles. The molecule has 3 heteroatoms. The van der Waals surface area contributed by atoms with Crippen molar-refractivity contribution in [3.05, 3.63) is 18.0 Å². The highest BCUT2D eigenvalue weighted by atomic mass is 16.5. The maximum absolute atomic E-state index is 5.03. The van der Waals surface area contributed by atoms with Crippen molar-refractivity contribution < 1.29 is 4.52 Å². The number of nitrogens with one attached hydrogen (secondary N) is 1. The second-order valence-electron chi connectivity index (χ2n) is 4.32. The van der Waals surface area contributed by atoms with Crippen LogP contribution in [0.4, 0.5) is 0 Å². The van der Waals surface area contributed by atoms with Gasteiger partial charge in [0.1, 0.15) is 5.76 Å². The SMILES string of the molecule is CC1CCC(NCc2ccno2)CC1. The van der Waals surface area contributed by atoms with Gasteiger partial charge in [-0.1, -0.05) is 12.1 Å². The van der Waals surface area contributed by atoms with Crippen molar-refractivity contribution in [2.24, 2.45) is 5.92 Å². The van der Waals surface area contributed by atoms with E-state index in [0.29, 0.717) is 6.04 Å². The molecule has 3 nitrogen and oxygen atoms in total. The Balaban J connectivity index is 1.71. The third-order valence-corrected chi connectivity index (χ3v) is 3.07. The zero-order valence-electron chi connectivity index (χ0n) is 8.70. The van der Waals surface area contributed by atoms with Crippen LogP contribution >= 0.6 is 0 Å². The molecule has 0 atom stereocenters. The van der Waals surface area contributed by atoms with Crippen molar-refractivity contribution in [2.75, 3.05) is 0 Å². The van der Waals surface area contributed by atoms with Gasteiger partial charge in [0, 0.05) is 12.1 Å². The van der Waals surface area contributed by atoms with Crippen molar-refractivity contribution in [1.29, 1.82) is 0 Å². The molecule has 0 saturated heterocycles. The Morgan fingerprint density at radius 2 is 2.21 bits per heavy atom. The Hall–Kier alpha value is -0.830. The van der Waals surface area contributed by atoms with Crippen molar-refractivity contribution in [3.8, 4) is 0 Å². The Morgan fingerprint density at radius 3 is 2.86 bits per heavy atom. The van der Waals surface area contributed by atoms with E-state index in [4.69, 9.17) is 4.52 Å². The molecule has 1 heterocycles. The number of hydrogen-bond donors (Lipinski definition) is 1. The average Bonchev–Trinajstić information content (AvgIpc) is 2.70. The van der Waals surface area contributed by atoms with E-state index in [1.807, 2.05) is 6.07 Å². The first-order valence-electron chi connectivity index (χ1n) is 5.47. The third-order valence-electron chi connectivity index (χ3n) is 3.07. The zero-order valence-corrected chi connectivity index (χ0v) is 8.70. The predicted octanol–water partition coefficient (Wildman–Crippen LogP) is 2.34. The molecule has 14 heavy (non-hydrogen) atoms. The number of nitrogens with zero attached hydrogens (tertiary/aromatic N) is 1. The number of aromatic nitrogens is 1. The van der Waals surface area contributed by atoms with E-state index >= 15 is 0 Å². The molecule has 2 rings (SSSR count). The van der Waals surface area contributed by atoms with Gasteiger partial charge in [-0.2, -0.15) is 0 Å². The first-order valence-corrected chi connectivity index (χ1v) is 5.47. The summed E-state index contributed by atoms with van der Waals surface area (Å²) in [5.41, 5.74) is 0. The third kappa shape index (κ3) is 2.58. The van der Waals surface area contributed by atoms with Gasteiger partial charge in [0.2, 0.25) is 0 Å². The highest BCUT2D eigenvalue weighted by Gasteiger charge is 2.17. The monoisotopic (exact) mass is 194 g/mol. The van der Waals surface area contributed by atoms with Crippen LogP contribution in [0.2, 0.25) is 0 Å². The van der Waals surface area contributed by atoms with E-state index in [9.17, 15) is 0 Å². The molecule has 0 aromatic carbocycles. The van der Waals surface area contributed by atoms with Crippen molar-refractivity contribution in [3.63, 3.8) is 0 Å². The van der Waals surface area contributed by atoms with Gasteiger partial charge < -0.3 is 9.84 Å². The summed E-state index contributed by atoms with van der Waals surface area (Å²) < 4.78 is 5.03. The fraction of sp³-hybridized carbons (Fsp3) is 0.727. The normalized spacial score (nSPS) is 27.8. The summed E-state index contributed by atoms with van der Waals surface area (Å²) in [5, 5.41) is 7.19. The molecular formula is C11H18N2O. The molecule has 0 unspecified atom stereocenters. The maximum atomic E-state index is 5.03. The average molecular weight is 194 g/mol. The summed E-state index contributed by atoms with van der Waals surface area (Å²) in [6.07, 6.45) is 7.01. The van der Waals surface area contributed by atoms with E-state index in [0.717, 1.165) is 18.2 Å². The summed E-state index contributed by atoms with van der Waals surface area (Å²) in [6, 6.07) is 2.59. The Morgan fingerprint density at radius 1 is 1.43 bits per heavy atom. The van der Waals surface area contributed by atoms with Gasteiger partial charge in [-0.3, -0.25) is 0 Å². The Bertz CT molecular complexity index is 250. The molecule has 1 N–H and O–H groups in total. The van der Waals surface area contributed by atoms with Crippen LogP contribution < -0.4 is 5.32 Å². The highest BCUT2D eigenvalue weighted by Crippen LogP contribution is 2.23. The molecular weight excluding hydrogens is 176 g/mol. The fourth-order valence-electron chi connectivity index (χ4n) is 2.04. The summed E-state index contributed by atoms with van der Waals surface area (Å²) in [6.45, 7) is 3.16. The minimum Gasteiger partial charge on any atom is -0.360 e. The van der Waals surface area contributed by atoms with Gasteiger partial charge in [-0.15, -0.1) is 0 Å². The summed E-state index contributed by atoms with van der Waals surface area (Å²) in [5.74, 6) is 1.85. The zero-order chi connectivity index (χ0) is 9.80. The molecule has 0 radical (unpaired) electrons. The fourth-order valence-corrected chi connectivity index (χ4v) is 2.04. The van der Waals surface area contributed by atoms with E-state index in [1.165, 1.54) is 25.7 Å². The molecule has 0 spiro atoms. The van der Waals surface area contributed by atoms with Crippen LogP contribution in [0.3, 0.4) is 0 Å². The van der Waals surface area contributed by atoms with Crippen molar-refractivity contribution in [2.45, 2.75) is 45.2 Å². The lowest BCUT2D eigenvalue weighted by molar-refractivity contribution is 0.292. The van der Waals surface area contributed by atoms with E-state index < -0.39 is 0 Å². The summed E-state index contributed by atoms with van der Waals surface area (Å²) in [4.78, 5) is 0. The molecule has 78 valence electrons. The number of hydrogen-bond acceptors (Lipinski definition) is 3. The van der Waals surface area contributed by atoms with Gasteiger partial charge in [0.15, 0.2) is 0 Å². The van der Waals surface area contributed by atoms with Crippen LogP contribution in [0.25, 0.3) is 0 Å². The van der Waals surface area contributed by atoms with Crippen LogP contribution in [0.15, 0.2) is 16.8 Å². The molecule has 0 bridgehead atoms.